The van der Waals surface area contributed by atoms with E-state index in [1.165, 1.54) is 0 Å². The van der Waals surface area contributed by atoms with Crippen LogP contribution in [0.25, 0.3) is 0 Å². The highest BCUT2D eigenvalue weighted by atomic mass is 19.4. The van der Waals surface area contributed by atoms with Gasteiger partial charge in [-0.3, -0.25) is 4.79 Å². The van der Waals surface area contributed by atoms with Crippen LogP contribution in [0.15, 0.2) is 24.3 Å². The number of hydrogen-bond donors (Lipinski definition) is 2. The number of carbonyl (C=O) groups is 1. The van der Waals surface area contributed by atoms with E-state index in [1.54, 1.807) is 31.2 Å². The van der Waals surface area contributed by atoms with Crippen molar-refractivity contribution in [3.63, 3.8) is 0 Å². The van der Waals surface area contributed by atoms with Crippen molar-refractivity contribution in [1.82, 2.24) is 5.32 Å². The third-order valence-electron chi connectivity index (χ3n) is 2.62. The SMILES string of the molecule is CC(NC(=O)CC(F)(F)F)c1ccc(C#CCCO)cc1. The molecular formula is C15H16F3NO2. The highest BCUT2D eigenvalue weighted by molar-refractivity contribution is 5.77. The zero-order valence-corrected chi connectivity index (χ0v) is 11.5. The van der Waals surface area contributed by atoms with Crippen molar-refractivity contribution in [2.24, 2.45) is 0 Å². The summed E-state index contributed by atoms with van der Waals surface area (Å²) < 4.78 is 36.2. The van der Waals surface area contributed by atoms with Crippen LogP contribution in [0.3, 0.4) is 0 Å². The summed E-state index contributed by atoms with van der Waals surface area (Å²) in [5.41, 5.74) is 1.43. The van der Waals surface area contributed by atoms with Gasteiger partial charge in [0.25, 0.3) is 0 Å². The first-order chi connectivity index (χ1) is 9.81. The molecule has 0 aliphatic rings. The van der Waals surface area contributed by atoms with Crippen LogP contribution < -0.4 is 5.32 Å². The fourth-order valence-corrected chi connectivity index (χ4v) is 1.63. The van der Waals surface area contributed by atoms with E-state index < -0.39 is 24.5 Å². The zero-order chi connectivity index (χ0) is 15.9. The van der Waals surface area contributed by atoms with Crippen LogP contribution in [0, 0.1) is 11.8 Å². The molecule has 1 rings (SSSR count). The fourth-order valence-electron chi connectivity index (χ4n) is 1.63. The van der Waals surface area contributed by atoms with Gasteiger partial charge in [0.15, 0.2) is 0 Å². The Bertz CT molecular complexity index is 527. The Balaban J connectivity index is 2.61. The van der Waals surface area contributed by atoms with Crippen molar-refractivity contribution in [2.45, 2.75) is 32.0 Å². The van der Waals surface area contributed by atoms with Gasteiger partial charge in [-0.25, -0.2) is 0 Å². The largest absolute Gasteiger partial charge is 0.397 e. The number of nitrogens with one attached hydrogen (secondary N) is 1. The Morgan fingerprint density at radius 2 is 1.95 bits per heavy atom. The molecule has 0 fully saturated rings. The first-order valence-corrected chi connectivity index (χ1v) is 6.37. The fraction of sp³-hybridized carbons (Fsp3) is 0.400. The van der Waals surface area contributed by atoms with Gasteiger partial charge in [0.2, 0.25) is 5.91 Å². The van der Waals surface area contributed by atoms with Crippen LogP contribution in [0.4, 0.5) is 13.2 Å². The molecule has 6 heteroatoms. The van der Waals surface area contributed by atoms with Gasteiger partial charge in [-0.15, -0.1) is 0 Å². The van der Waals surface area contributed by atoms with Crippen LogP contribution in [0.1, 0.15) is 36.9 Å². The predicted molar refractivity (Wildman–Crippen MR) is 72.3 cm³/mol. The summed E-state index contributed by atoms with van der Waals surface area (Å²) in [7, 11) is 0. The number of aliphatic hydroxyl groups is 1. The van der Waals surface area contributed by atoms with Gasteiger partial charge in [-0.05, 0) is 24.6 Å². The topological polar surface area (TPSA) is 49.3 Å². The van der Waals surface area contributed by atoms with Crippen LogP contribution in [-0.2, 0) is 4.79 Å². The van der Waals surface area contributed by atoms with Gasteiger partial charge in [-0.1, -0.05) is 24.0 Å². The van der Waals surface area contributed by atoms with Crippen molar-refractivity contribution in [3.05, 3.63) is 35.4 Å². The first-order valence-electron chi connectivity index (χ1n) is 6.37. The predicted octanol–water partition coefficient (Wildman–Crippen LogP) is 2.55. The number of halogens is 3. The molecule has 114 valence electrons. The summed E-state index contributed by atoms with van der Waals surface area (Å²) in [6.07, 6.45) is -5.61. The average molecular weight is 299 g/mol. The van der Waals surface area contributed by atoms with Crippen molar-refractivity contribution < 1.29 is 23.1 Å². The van der Waals surface area contributed by atoms with E-state index in [4.69, 9.17) is 5.11 Å². The molecule has 0 aromatic heterocycles. The molecule has 1 unspecified atom stereocenters. The van der Waals surface area contributed by atoms with Crippen LogP contribution >= 0.6 is 0 Å². The summed E-state index contributed by atoms with van der Waals surface area (Å²) in [5.74, 6) is 4.55. The highest BCUT2D eigenvalue weighted by Crippen LogP contribution is 2.20. The molecule has 0 saturated heterocycles. The lowest BCUT2D eigenvalue weighted by Gasteiger charge is -2.15. The molecule has 1 amide bonds. The minimum atomic E-state index is -4.50. The van der Waals surface area contributed by atoms with E-state index in [-0.39, 0.29) is 6.61 Å². The molecule has 0 saturated carbocycles. The number of benzene rings is 1. The Kier molecular flexibility index (Phi) is 6.25. The summed E-state index contributed by atoms with van der Waals surface area (Å²) >= 11 is 0. The van der Waals surface area contributed by atoms with Crippen LogP contribution in [0.5, 0.6) is 0 Å². The molecule has 1 aromatic carbocycles. The van der Waals surface area contributed by atoms with E-state index >= 15 is 0 Å². The third kappa shape index (κ3) is 6.82. The average Bonchev–Trinajstić information content (AvgIpc) is 2.37. The number of carbonyl (C=O) groups excluding carboxylic acids is 1. The molecule has 21 heavy (non-hydrogen) atoms. The lowest BCUT2D eigenvalue weighted by atomic mass is 10.1. The molecule has 0 heterocycles. The maximum atomic E-state index is 12.1. The first kappa shape index (κ1) is 17.1. The molecule has 0 bridgehead atoms. The number of rotatable bonds is 4. The standard InChI is InChI=1S/C15H16F3NO2/c1-11(19-14(21)10-15(16,17)18)13-7-5-12(6-8-13)4-2-3-9-20/h5-8,11,20H,3,9-10H2,1H3,(H,19,21). The molecule has 0 radical (unpaired) electrons. The van der Waals surface area contributed by atoms with E-state index in [9.17, 15) is 18.0 Å². The Labute approximate surface area is 121 Å². The summed E-state index contributed by atoms with van der Waals surface area (Å²) in [5, 5.41) is 10.9. The molecule has 0 aliphatic carbocycles. The molecule has 1 aromatic rings. The van der Waals surface area contributed by atoms with Crippen molar-refractivity contribution in [1.29, 1.82) is 0 Å². The summed E-state index contributed by atoms with van der Waals surface area (Å²) in [4.78, 5) is 11.2. The lowest BCUT2D eigenvalue weighted by Crippen LogP contribution is -2.30. The second-order valence-electron chi connectivity index (χ2n) is 4.48. The van der Waals surface area contributed by atoms with Crippen molar-refractivity contribution in [2.75, 3.05) is 6.61 Å². The van der Waals surface area contributed by atoms with Gasteiger partial charge < -0.3 is 10.4 Å². The Hall–Kier alpha value is -2.00. The van der Waals surface area contributed by atoms with E-state index in [1.807, 2.05) is 0 Å². The molecule has 3 nitrogen and oxygen atoms in total. The number of aliphatic hydroxyl groups excluding tert-OH is 1. The van der Waals surface area contributed by atoms with E-state index in [0.717, 1.165) is 5.56 Å². The highest BCUT2D eigenvalue weighted by Gasteiger charge is 2.31. The van der Waals surface area contributed by atoms with Gasteiger partial charge in [-0.2, -0.15) is 13.2 Å². The Morgan fingerprint density at radius 1 is 1.33 bits per heavy atom. The molecule has 1 atom stereocenters. The van der Waals surface area contributed by atoms with E-state index in [2.05, 4.69) is 17.2 Å². The Morgan fingerprint density at radius 3 is 2.48 bits per heavy atom. The van der Waals surface area contributed by atoms with Crippen molar-refractivity contribution in [3.8, 4) is 11.8 Å². The van der Waals surface area contributed by atoms with Gasteiger partial charge in [0.05, 0.1) is 12.6 Å². The minimum Gasteiger partial charge on any atom is -0.395 e. The monoisotopic (exact) mass is 299 g/mol. The van der Waals surface area contributed by atoms with E-state index in [0.29, 0.717) is 12.0 Å². The maximum Gasteiger partial charge on any atom is 0.397 e. The zero-order valence-electron chi connectivity index (χ0n) is 11.5. The number of amides is 1. The molecule has 0 spiro atoms. The normalized spacial score (nSPS) is 12.2. The van der Waals surface area contributed by atoms with Gasteiger partial charge in [0, 0.05) is 12.0 Å². The lowest BCUT2D eigenvalue weighted by molar-refractivity contribution is -0.154. The second-order valence-corrected chi connectivity index (χ2v) is 4.48. The van der Waals surface area contributed by atoms with Crippen LogP contribution in [-0.4, -0.2) is 23.8 Å². The minimum absolute atomic E-state index is 0.00659. The smallest absolute Gasteiger partial charge is 0.395 e. The molecule has 0 aliphatic heterocycles. The van der Waals surface area contributed by atoms with Crippen LogP contribution in [0.2, 0.25) is 0 Å². The quantitative estimate of drug-likeness (QED) is 0.840. The third-order valence-corrected chi connectivity index (χ3v) is 2.62. The molecule has 2 N–H and O–H groups in total. The van der Waals surface area contributed by atoms with Crippen molar-refractivity contribution >= 4 is 5.91 Å². The summed E-state index contributed by atoms with van der Waals surface area (Å²) in [6, 6.07) is 6.31. The van der Waals surface area contributed by atoms with Gasteiger partial charge >= 0.3 is 6.18 Å². The number of alkyl halides is 3. The maximum absolute atomic E-state index is 12.1. The van der Waals surface area contributed by atoms with Gasteiger partial charge in [0.1, 0.15) is 6.42 Å². The second kappa shape index (κ2) is 7.70. The number of hydrogen-bond acceptors (Lipinski definition) is 2. The molecular weight excluding hydrogens is 283 g/mol. The summed E-state index contributed by atoms with van der Waals surface area (Å²) in [6.45, 7) is 1.61.